The van der Waals surface area contributed by atoms with Crippen LogP contribution >= 0.6 is 0 Å². The number of unbranched alkanes of at least 4 members (excludes halogenated alkanes) is 1. The molecule has 0 amide bonds. The molecule has 0 saturated heterocycles. The molecule has 0 bridgehead atoms. The Bertz CT molecular complexity index is 433. The fourth-order valence-corrected chi connectivity index (χ4v) is 1.92. The van der Waals surface area contributed by atoms with Crippen molar-refractivity contribution in [2.45, 2.75) is 51.5 Å². The number of hydrogen-bond acceptors (Lipinski definition) is 3. The number of nitrogens with two attached hydrogens (primary N) is 1. The van der Waals surface area contributed by atoms with Crippen LogP contribution in [0.25, 0.3) is 0 Å². The van der Waals surface area contributed by atoms with E-state index in [4.69, 9.17) is 15.7 Å². The molecule has 0 aliphatic heterocycles. The maximum absolute atomic E-state index is 8.82. The van der Waals surface area contributed by atoms with Gasteiger partial charge in [-0.15, -0.1) is 0 Å². The second kappa shape index (κ2) is 7.16. The van der Waals surface area contributed by atoms with E-state index in [1.807, 2.05) is 18.2 Å². The van der Waals surface area contributed by atoms with Crippen LogP contribution in [0, 0.1) is 11.3 Å². The van der Waals surface area contributed by atoms with Gasteiger partial charge in [0.1, 0.15) is 11.3 Å². The fraction of sp³-hybridized carbons (Fsp3) is 0.562. The molecule has 0 aliphatic carbocycles. The third-order valence-corrected chi connectivity index (χ3v) is 3.14. The number of hydrogen-bond donors (Lipinski definition) is 1. The van der Waals surface area contributed by atoms with Gasteiger partial charge in [0.15, 0.2) is 0 Å². The number of ether oxygens (including phenoxy) is 1. The van der Waals surface area contributed by atoms with E-state index in [1.165, 1.54) is 5.56 Å². The topological polar surface area (TPSA) is 59.0 Å². The number of benzene rings is 1. The lowest BCUT2D eigenvalue weighted by molar-refractivity contribution is 0.297. The Morgan fingerprint density at radius 3 is 2.63 bits per heavy atom. The highest BCUT2D eigenvalue weighted by Crippen LogP contribution is 2.26. The Morgan fingerprint density at radius 1 is 1.32 bits per heavy atom. The van der Waals surface area contributed by atoms with Crippen LogP contribution < -0.4 is 10.5 Å². The van der Waals surface area contributed by atoms with E-state index in [2.05, 4.69) is 26.0 Å². The van der Waals surface area contributed by atoms with Crippen molar-refractivity contribution >= 4 is 0 Å². The summed E-state index contributed by atoms with van der Waals surface area (Å²) in [5, 5.41) is 8.82. The Balaban J connectivity index is 2.37. The van der Waals surface area contributed by atoms with E-state index >= 15 is 0 Å². The summed E-state index contributed by atoms with van der Waals surface area (Å²) in [6, 6.07) is 10.3. The van der Waals surface area contributed by atoms with Gasteiger partial charge in [0.2, 0.25) is 0 Å². The normalized spacial score (nSPS) is 13.9. The molecule has 1 unspecified atom stereocenters. The van der Waals surface area contributed by atoms with E-state index in [9.17, 15) is 0 Å². The van der Waals surface area contributed by atoms with Gasteiger partial charge in [0.05, 0.1) is 12.7 Å². The van der Waals surface area contributed by atoms with E-state index in [0.29, 0.717) is 18.9 Å². The lowest BCUT2D eigenvalue weighted by Gasteiger charge is -2.16. The lowest BCUT2D eigenvalue weighted by Crippen LogP contribution is -2.33. The summed E-state index contributed by atoms with van der Waals surface area (Å²) in [4.78, 5) is 0. The maximum Gasteiger partial charge on any atom is 0.122 e. The van der Waals surface area contributed by atoms with Crippen LogP contribution in [0.3, 0.4) is 0 Å². The molecule has 19 heavy (non-hydrogen) atoms. The van der Waals surface area contributed by atoms with Crippen molar-refractivity contribution in [2.24, 2.45) is 5.73 Å². The minimum atomic E-state index is -0.712. The number of rotatable bonds is 7. The van der Waals surface area contributed by atoms with E-state index in [1.54, 1.807) is 6.92 Å². The SMILES string of the molecule is CC(C)c1ccccc1OCCCCC(C)(N)C#N. The monoisotopic (exact) mass is 260 g/mol. The molecule has 1 aromatic carbocycles. The molecule has 1 aromatic rings. The van der Waals surface area contributed by atoms with Gasteiger partial charge in [-0.2, -0.15) is 5.26 Å². The van der Waals surface area contributed by atoms with Crippen LogP contribution in [0.4, 0.5) is 0 Å². The van der Waals surface area contributed by atoms with Crippen molar-refractivity contribution in [3.8, 4) is 11.8 Å². The molecule has 104 valence electrons. The van der Waals surface area contributed by atoms with Crippen molar-refractivity contribution in [1.82, 2.24) is 0 Å². The third-order valence-electron chi connectivity index (χ3n) is 3.14. The van der Waals surface area contributed by atoms with Crippen molar-refractivity contribution in [3.63, 3.8) is 0 Å². The number of nitrogens with zero attached hydrogens (tertiary/aromatic N) is 1. The molecular formula is C16H24N2O. The molecule has 0 fully saturated rings. The molecule has 0 aliphatic rings. The number of para-hydroxylation sites is 1. The zero-order valence-corrected chi connectivity index (χ0v) is 12.1. The van der Waals surface area contributed by atoms with Gasteiger partial charge >= 0.3 is 0 Å². The largest absolute Gasteiger partial charge is 0.493 e. The highest BCUT2D eigenvalue weighted by atomic mass is 16.5. The average molecular weight is 260 g/mol. The first-order valence-electron chi connectivity index (χ1n) is 6.88. The smallest absolute Gasteiger partial charge is 0.122 e. The standard InChI is InChI=1S/C16H24N2O/c1-13(2)14-8-4-5-9-15(14)19-11-7-6-10-16(3,18)12-17/h4-5,8-9,13H,6-7,10-11,18H2,1-3H3. The number of nitriles is 1. The molecule has 3 nitrogen and oxygen atoms in total. The zero-order valence-electron chi connectivity index (χ0n) is 12.1. The van der Waals surface area contributed by atoms with Gasteiger partial charge in [-0.05, 0) is 43.7 Å². The quantitative estimate of drug-likeness (QED) is 0.762. The zero-order chi connectivity index (χ0) is 14.3. The molecule has 0 radical (unpaired) electrons. The summed E-state index contributed by atoms with van der Waals surface area (Å²) in [7, 11) is 0. The van der Waals surface area contributed by atoms with Crippen molar-refractivity contribution in [1.29, 1.82) is 5.26 Å². The Hall–Kier alpha value is -1.53. The van der Waals surface area contributed by atoms with Crippen LogP contribution in [-0.2, 0) is 0 Å². The molecule has 0 spiro atoms. The third kappa shape index (κ3) is 5.32. The van der Waals surface area contributed by atoms with Gasteiger partial charge in [0, 0.05) is 0 Å². The summed E-state index contributed by atoms with van der Waals surface area (Å²) in [6.07, 6.45) is 2.53. The van der Waals surface area contributed by atoms with E-state index < -0.39 is 5.54 Å². The van der Waals surface area contributed by atoms with Gasteiger partial charge < -0.3 is 10.5 Å². The minimum absolute atomic E-state index is 0.460. The maximum atomic E-state index is 8.82. The molecule has 1 rings (SSSR count). The second-order valence-electron chi connectivity index (χ2n) is 5.53. The van der Waals surface area contributed by atoms with Gasteiger partial charge in [-0.25, -0.2) is 0 Å². The first-order valence-corrected chi connectivity index (χ1v) is 6.88. The average Bonchev–Trinajstić information content (AvgIpc) is 2.38. The summed E-state index contributed by atoms with van der Waals surface area (Å²) < 4.78 is 5.82. The molecule has 0 heterocycles. The van der Waals surface area contributed by atoms with Crippen LogP contribution in [0.15, 0.2) is 24.3 Å². The summed E-state index contributed by atoms with van der Waals surface area (Å²) in [6.45, 7) is 6.76. The van der Waals surface area contributed by atoms with Crippen LogP contribution in [0.5, 0.6) is 5.75 Å². The van der Waals surface area contributed by atoms with Gasteiger partial charge in [-0.1, -0.05) is 32.0 Å². The second-order valence-corrected chi connectivity index (χ2v) is 5.53. The van der Waals surface area contributed by atoms with Crippen molar-refractivity contribution < 1.29 is 4.74 Å². The highest BCUT2D eigenvalue weighted by molar-refractivity contribution is 5.35. The van der Waals surface area contributed by atoms with Crippen molar-refractivity contribution in [3.05, 3.63) is 29.8 Å². The lowest BCUT2D eigenvalue weighted by atomic mass is 9.98. The van der Waals surface area contributed by atoms with Gasteiger partial charge in [0.25, 0.3) is 0 Å². The van der Waals surface area contributed by atoms with Crippen LogP contribution in [0.1, 0.15) is 51.5 Å². The predicted octanol–water partition coefficient (Wildman–Crippen LogP) is 3.60. The first-order chi connectivity index (χ1) is 8.96. The minimum Gasteiger partial charge on any atom is -0.493 e. The Kier molecular flexibility index (Phi) is 5.85. The van der Waals surface area contributed by atoms with Crippen molar-refractivity contribution in [2.75, 3.05) is 6.61 Å². The Morgan fingerprint density at radius 2 is 2.00 bits per heavy atom. The molecule has 0 aromatic heterocycles. The summed E-state index contributed by atoms with van der Waals surface area (Å²) in [5.41, 5.74) is 6.30. The van der Waals surface area contributed by atoms with E-state index in [0.717, 1.165) is 18.6 Å². The molecule has 1 atom stereocenters. The fourth-order valence-electron chi connectivity index (χ4n) is 1.92. The molecule has 3 heteroatoms. The molecule has 0 saturated carbocycles. The van der Waals surface area contributed by atoms with Crippen LogP contribution in [-0.4, -0.2) is 12.1 Å². The van der Waals surface area contributed by atoms with E-state index in [-0.39, 0.29) is 0 Å². The molecular weight excluding hydrogens is 236 g/mol. The Labute approximate surface area is 116 Å². The van der Waals surface area contributed by atoms with Gasteiger partial charge in [-0.3, -0.25) is 0 Å². The highest BCUT2D eigenvalue weighted by Gasteiger charge is 2.16. The molecule has 2 N–H and O–H groups in total. The van der Waals surface area contributed by atoms with Crippen LogP contribution in [0.2, 0.25) is 0 Å². The summed E-state index contributed by atoms with van der Waals surface area (Å²) in [5.74, 6) is 1.43. The predicted molar refractivity (Wildman–Crippen MR) is 78.1 cm³/mol. The summed E-state index contributed by atoms with van der Waals surface area (Å²) >= 11 is 0. The first kappa shape index (κ1) is 15.5.